The van der Waals surface area contributed by atoms with E-state index in [9.17, 15) is 9.59 Å². The lowest BCUT2D eigenvalue weighted by molar-refractivity contribution is -0.125. The zero-order valence-corrected chi connectivity index (χ0v) is 22.7. The minimum Gasteiger partial charge on any atom is -1.00 e. The Kier molecular flexibility index (Phi) is 8.88. The summed E-state index contributed by atoms with van der Waals surface area (Å²) >= 11 is 0. The molecule has 4 aromatic carbocycles. The summed E-state index contributed by atoms with van der Waals surface area (Å²) in [6.07, 6.45) is 0.581. The first-order chi connectivity index (χ1) is 17.7. The number of imide groups is 1. The van der Waals surface area contributed by atoms with E-state index < -0.39 is 13.3 Å². The summed E-state index contributed by atoms with van der Waals surface area (Å²) in [6.45, 7) is 0.575. The van der Waals surface area contributed by atoms with Crippen molar-refractivity contribution >= 4 is 35.1 Å². The van der Waals surface area contributed by atoms with Gasteiger partial charge in [-0.2, -0.15) is 0 Å². The molecule has 3 amide bonds. The van der Waals surface area contributed by atoms with Gasteiger partial charge in [0.15, 0.2) is 5.66 Å². The number of carbonyl (C=O) groups is 2. The fourth-order valence-electron chi connectivity index (χ4n) is 5.01. The third-order valence-electron chi connectivity index (χ3n) is 6.62. The molecule has 1 fully saturated rings. The van der Waals surface area contributed by atoms with Gasteiger partial charge in [-0.25, -0.2) is 10.3 Å². The van der Waals surface area contributed by atoms with Crippen LogP contribution in [-0.2, 0) is 16.2 Å². The van der Waals surface area contributed by atoms with E-state index in [1.807, 2.05) is 84.9 Å². The lowest BCUT2D eigenvalue weighted by Crippen LogP contribution is -3.00. The minimum atomic E-state index is -2.42. The number of likely N-dealkylation sites (tertiary alicyclic amines) is 1. The number of amides is 3. The maximum atomic E-state index is 14.0. The highest BCUT2D eigenvalue weighted by Crippen LogP contribution is 2.62. The summed E-state index contributed by atoms with van der Waals surface area (Å²) in [5.74, 6) is -0.166. The Labute approximate surface area is 228 Å². The van der Waals surface area contributed by atoms with Crippen LogP contribution in [-0.4, -0.2) is 29.0 Å². The van der Waals surface area contributed by atoms with Crippen LogP contribution in [0.1, 0.15) is 12.0 Å². The average Bonchev–Trinajstić information content (AvgIpc) is 3.33. The van der Waals surface area contributed by atoms with Crippen LogP contribution in [0.3, 0.4) is 0 Å². The molecule has 0 saturated carbocycles. The van der Waals surface area contributed by atoms with Gasteiger partial charge in [-0.05, 0) is 42.0 Å². The van der Waals surface area contributed by atoms with Gasteiger partial charge in [0.1, 0.15) is 23.2 Å². The van der Waals surface area contributed by atoms with Crippen LogP contribution in [0.2, 0.25) is 0 Å². The predicted octanol–water partition coefficient (Wildman–Crippen LogP) is 1.43. The summed E-state index contributed by atoms with van der Waals surface area (Å²) in [5.41, 5.74) is 3.05. The van der Waals surface area contributed by atoms with E-state index in [1.54, 1.807) is 0 Å². The summed E-state index contributed by atoms with van der Waals surface area (Å²) < 4.78 is 0. The largest absolute Gasteiger partial charge is 1.00 e. The standard InChI is InChI=1S/C30H27N2O3P.BrH/c33-29-28(21-22-32(29)30(34)31-35-23-24-13-5-1-6-14-24)36(25-15-7-2-8-16-25,26-17-9-3-10-18-26)27-19-11-4-12-20-27;/h1-20,28H,21-23H2;1H. The van der Waals surface area contributed by atoms with Crippen LogP contribution in [0.15, 0.2) is 121 Å². The predicted molar refractivity (Wildman–Crippen MR) is 145 cm³/mol. The molecule has 5 nitrogen and oxygen atoms in total. The van der Waals surface area contributed by atoms with Crippen LogP contribution in [0.5, 0.6) is 0 Å². The molecule has 188 valence electrons. The van der Waals surface area contributed by atoms with E-state index >= 15 is 0 Å². The van der Waals surface area contributed by atoms with Crippen LogP contribution in [0.25, 0.3) is 0 Å². The Morgan fingerprint density at radius 3 is 1.65 bits per heavy atom. The van der Waals surface area contributed by atoms with Gasteiger partial charge in [0, 0.05) is 13.0 Å². The van der Waals surface area contributed by atoms with E-state index in [1.165, 1.54) is 4.90 Å². The molecule has 1 heterocycles. The molecule has 0 bridgehead atoms. The first-order valence-electron chi connectivity index (χ1n) is 12.0. The van der Waals surface area contributed by atoms with Gasteiger partial charge >= 0.3 is 6.03 Å². The van der Waals surface area contributed by atoms with Crippen molar-refractivity contribution in [3.05, 3.63) is 127 Å². The van der Waals surface area contributed by atoms with Crippen molar-refractivity contribution in [2.75, 3.05) is 6.54 Å². The van der Waals surface area contributed by atoms with Crippen LogP contribution >= 0.6 is 7.26 Å². The molecule has 1 saturated heterocycles. The number of benzene rings is 4. The molecule has 1 atom stereocenters. The van der Waals surface area contributed by atoms with Crippen molar-refractivity contribution in [3.63, 3.8) is 0 Å². The van der Waals surface area contributed by atoms with E-state index in [2.05, 4.69) is 41.9 Å². The molecule has 0 aromatic heterocycles. The first kappa shape index (κ1) is 26.7. The van der Waals surface area contributed by atoms with Gasteiger partial charge in [-0.1, -0.05) is 84.9 Å². The third-order valence-corrected chi connectivity index (χ3v) is 11.4. The second kappa shape index (κ2) is 12.3. The highest BCUT2D eigenvalue weighted by molar-refractivity contribution is 7.96. The second-order valence-corrected chi connectivity index (χ2v) is 12.3. The highest BCUT2D eigenvalue weighted by atomic mass is 79.9. The zero-order chi connectivity index (χ0) is 24.8. The number of hydroxylamine groups is 1. The quantitative estimate of drug-likeness (QED) is 0.268. The SMILES string of the molecule is O=C(NOCc1ccccc1)N1CCC([P+](c2ccccc2)(c2ccccc2)c2ccccc2)C1=O.[Br-]. The van der Waals surface area contributed by atoms with Crippen molar-refractivity contribution < 1.29 is 31.4 Å². The summed E-state index contributed by atoms with van der Waals surface area (Å²) in [6, 6.07) is 39.9. The molecule has 37 heavy (non-hydrogen) atoms. The molecular formula is C30H28BrN2O3P. The van der Waals surface area contributed by atoms with Gasteiger partial charge in [0.05, 0.1) is 6.61 Å². The molecule has 1 aliphatic heterocycles. The molecule has 1 aliphatic rings. The number of halogens is 1. The van der Waals surface area contributed by atoms with Gasteiger partial charge in [-0.15, -0.1) is 0 Å². The number of carbonyl (C=O) groups excluding carboxylic acids is 2. The maximum absolute atomic E-state index is 14.0. The maximum Gasteiger partial charge on any atom is 0.348 e. The molecule has 0 radical (unpaired) electrons. The van der Waals surface area contributed by atoms with Crippen molar-refractivity contribution in [1.82, 2.24) is 10.4 Å². The zero-order valence-electron chi connectivity index (χ0n) is 20.2. The van der Waals surface area contributed by atoms with Crippen molar-refractivity contribution in [2.45, 2.75) is 18.7 Å². The Hall–Kier alpha value is -3.31. The van der Waals surface area contributed by atoms with Gasteiger partial charge in [-0.3, -0.25) is 14.5 Å². The highest BCUT2D eigenvalue weighted by Gasteiger charge is 2.59. The average molecular weight is 575 g/mol. The molecule has 4 aromatic rings. The van der Waals surface area contributed by atoms with E-state index in [0.29, 0.717) is 13.0 Å². The summed E-state index contributed by atoms with van der Waals surface area (Å²) in [4.78, 5) is 33.7. The molecular weight excluding hydrogens is 547 g/mol. The lowest BCUT2D eigenvalue weighted by Gasteiger charge is -2.31. The van der Waals surface area contributed by atoms with Crippen molar-refractivity contribution in [2.24, 2.45) is 0 Å². The number of urea groups is 1. The van der Waals surface area contributed by atoms with Crippen LogP contribution in [0, 0.1) is 0 Å². The normalized spacial score (nSPS) is 15.2. The molecule has 5 rings (SSSR count). The first-order valence-corrected chi connectivity index (χ1v) is 13.9. The van der Waals surface area contributed by atoms with Crippen molar-refractivity contribution in [3.8, 4) is 0 Å². The fraction of sp³-hybridized carbons (Fsp3) is 0.133. The summed E-state index contributed by atoms with van der Waals surface area (Å²) in [7, 11) is -2.42. The Balaban J connectivity index is 0.00000320. The number of rotatable bonds is 7. The minimum absolute atomic E-state index is 0. The van der Waals surface area contributed by atoms with Crippen LogP contribution in [0.4, 0.5) is 4.79 Å². The molecule has 1 unspecified atom stereocenters. The van der Waals surface area contributed by atoms with Gasteiger partial charge in [0.2, 0.25) is 0 Å². The molecule has 0 aliphatic carbocycles. The van der Waals surface area contributed by atoms with E-state index in [4.69, 9.17) is 4.84 Å². The van der Waals surface area contributed by atoms with E-state index in [-0.39, 0.29) is 35.2 Å². The summed E-state index contributed by atoms with van der Waals surface area (Å²) in [5, 5.41) is 3.38. The fourth-order valence-corrected chi connectivity index (χ4v) is 9.89. The molecule has 1 N–H and O–H groups in total. The second-order valence-electron chi connectivity index (χ2n) is 8.71. The number of nitrogens with one attached hydrogen (secondary N) is 1. The number of hydrogen-bond acceptors (Lipinski definition) is 3. The third kappa shape index (κ3) is 5.37. The topological polar surface area (TPSA) is 58.6 Å². The Bertz CT molecular complexity index is 1210. The van der Waals surface area contributed by atoms with Gasteiger partial charge in [0.25, 0.3) is 5.91 Å². The number of nitrogens with zero attached hydrogens (tertiary/aromatic N) is 1. The van der Waals surface area contributed by atoms with E-state index in [0.717, 1.165) is 21.5 Å². The van der Waals surface area contributed by atoms with Gasteiger partial charge < -0.3 is 17.0 Å². The monoisotopic (exact) mass is 574 g/mol. The lowest BCUT2D eigenvalue weighted by atomic mass is 10.2. The smallest absolute Gasteiger partial charge is 0.348 e. The molecule has 7 heteroatoms. The number of hydrogen-bond donors (Lipinski definition) is 1. The Morgan fingerprint density at radius 2 is 1.19 bits per heavy atom. The Morgan fingerprint density at radius 1 is 0.757 bits per heavy atom. The van der Waals surface area contributed by atoms with Crippen molar-refractivity contribution in [1.29, 1.82) is 0 Å². The van der Waals surface area contributed by atoms with Crippen LogP contribution < -0.4 is 38.4 Å². The molecule has 0 spiro atoms.